The highest BCUT2D eigenvalue weighted by Crippen LogP contribution is 2.32. The second-order valence-corrected chi connectivity index (χ2v) is 6.20. The molecule has 2 aliphatic heterocycles. The fourth-order valence-corrected chi connectivity index (χ4v) is 3.35. The van der Waals surface area contributed by atoms with E-state index < -0.39 is 0 Å². The van der Waals surface area contributed by atoms with Gasteiger partial charge < -0.3 is 15.5 Å². The predicted molar refractivity (Wildman–Crippen MR) is 89.4 cm³/mol. The van der Waals surface area contributed by atoms with Crippen LogP contribution in [0.25, 0.3) is 6.08 Å². The molecule has 3 rings (SSSR count). The van der Waals surface area contributed by atoms with Gasteiger partial charge in [-0.3, -0.25) is 9.59 Å². The molecule has 0 bridgehead atoms. The Morgan fingerprint density at radius 1 is 1.35 bits per heavy atom. The lowest BCUT2D eigenvalue weighted by atomic mass is 9.93. The molecule has 2 atom stereocenters. The molecule has 0 saturated carbocycles. The Hall–Kier alpha value is -2.14. The molecule has 2 heterocycles. The summed E-state index contributed by atoms with van der Waals surface area (Å²) in [7, 11) is 0. The molecule has 0 spiro atoms. The average Bonchev–Trinajstić information content (AvgIpc) is 2.55. The maximum atomic E-state index is 12.5. The van der Waals surface area contributed by atoms with Crippen LogP contribution in [0.5, 0.6) is 0 Å². The summed E-state index contributed by atoms with van der Waals surface area (Å²) in [6.07, 6.45) is 6.09. The lowest BCUT2D eigenvalue weighted by Gasteiger charge is -2.33. The van der Waals surface area contributed by atoms with Crippen LogP contribution in [0.1, 0.15) is 43.4 Å². The maximum absolute atomic E-state index is 12.5. The smallest absolute Gasteiger partial charge is 0.223 e. The zero-order valence-corrected chi connectivity index (χ0v) is 13.4. The first-order valence-corrected chi connectivity index (χ1v) is 8.21. The molecule has 122 valence electrons. The molecule has 0 aliphatic carbocycles. The maximum Gasteiger partial charge on any atom is 0.223 e. The molecular weight excluding hydrogens is 290 g/mol. The molecule has 1 aromatic carbocycles. The van der Waals surface area contributed by atoms with Crippen molar-refractivity contribution in [3.63, 3.8) is 0 Å². The Kier molecular flexibility index (Phi) is 4.76. The van der Waals surface area contributed by atoms with Crippen molar-refractivity contribution in [3.05, 3.63) is 41.6 Å². The lowest BCUT2D eigenvalue weighted by Crippen LogP contribution is -2.46. The first-order valence-electron chi connectivity index (χ1n) is 8.21. The highest BCUT2D eigenvalue weighted by atomic mass is 16.2. The third-order valence-electron chi connectivity index (χ3n) is 4.51. The number of hydrogen-bond acceptors (Lipinski definition) is 3. The lowest BCUT2D eigenvalue weighted by molar-refractivity contribution is -0.130. The number of fused-ring (bicyclic) bond motifs is 1. The van der Waals surface area contributed by atoms with Crippen molar-refractivity contribution in [2.24, 2.45) is 0 Å². The number of carbonyl (C=O) groups excluding carboxylic acids is 2. The summed E-state index contributed by atoms with van der Waals surface area (Å²) in [5, 5.41) is 6.39. The van der Waals surface area contributed by atoms with Gasteiger partial charge in [0.1, 0.15) is 0 Å². The van der Waals surface area contributed by atoms with Gasteiger partial charge in [0.05, 0.1) is 12.5 Å². The van der Waals surface area contributed by atoms with Crippen LogP contribution < -0.4 is 10.6 Å². The van der Waals surface area contributed by atoms with E-state index in [2.05, 4.69) is 10.6 Å². The molecule has 2 unspecified atom stereocenters. The van der Waals surface area contributed by atoms with E-state index >= 15 is 0 Å². The van der Waals surface area contributed by atoms with Gasteiger partial charge in [-0.1, -0.05) is 24.3 Å². The number of amides is 2. The van der Waals surface area contributed by atoms with Crippen LogP contribution in [0.3, 0.4) is 0 Å². The van der Waals surface area contributed by atoms with Gasteiger partial charge in [0.2, 0.25) is 11.8 Å². The van der Waals surface area contributed by atoms with E-state index in [1.54, 1.807) is 11.1 Å². The highest BCUT2D eigenvalue weighted by molar-refractivity contribution is 5.82. The highest BCUT2D eigenvalue weighted by Gasteiger charge is 2.28. The fourth-order valence-electron chi connectivity index (χ4n) is 3.35. The first-order chi connectivity index (χ1) is 11.1. The average molecular weight is 313 g/mol. The van der Waals surface area contributed by atoms with Gasteiger partial charge >= 0.3 is 0 Å². The number of benzene rings is 1. The van der Waals surface area contributed by atoms with Gasteiger partial charge in [-0.25, -0.2) is 0 Å². The van der Waals surface area contributed by atoms with Crippen molar-refractivity contribution in [3.8, 4) is 0 Å². The molecule has 23 heavy (non-hydrogen) atoms. The van der Waals surface area contributed by atoms with Crippen molar-refractivity contribution < 1.29 is 9.59 Å². The van der Waals surface area contributed by atoms with Crippen LogP contribution in [0.4, 0.5) is 0 Å². The molecule has 2 amide bonds. The monoisotopic (exact) mass is 313 g/mol. The summed E-state index contributed by atoms with van der Waals surface area (Å²) in [5.74, 6) is -0.0482. The van der Waals surface area contributed by atoms with E-state index in [9.17, 15) is 9.59 Å². The summed E-state index contributed by atoms with van der Waals surface area (Å²) >= 11 is 0. The number of hydrogen-bond donors (Lipinski definition) is 2. The van der Waals surface area contributed by atoms with Gasteiger partial charge in [0.15, 0.2) is 0 Å². The van der Waals surface area contributed by atoms with Crippen molar-refractivity contribution in [1.82, 2.24) is 15.5 Å². The van der Waals surface area contributed by atoms with Crippen LogP contribution >= 0.6 is 0 Å². The summed E-state index contributed by atoms with van der Waals surface area (Å²) in [6, 6.07) is 7.89. The number of nitrogens with one attached hydrogen (secondary N) is 2. The summed E-state index contributed by atoms with van der Waals surface area (Å²) in [6.45, 7) is 3.38. The van der Waals surface area contributed by atoms with Gasteiger partial charge in [0, 0.05) is 25.7 Å². The molecule has 1 fully saturated rings. The molecule has 5 nitrogen and oxygen atoms in total. The van der Waals surface area contributed by atoms with E-state index in [0.717, 1.165) is 37.1 Å². The van der Waals surface area contributed by atoms with Crippen LogP contribution in [-0.4, -0.2) is 35.8 Å². The minimum Gasteiger partial charge on any atom is -0.352 e. The second kappa shape index (κ2) is 6.96. The molecule has 2 aliphatic rings. The van der Waals surface area contributed by atoms with Crippen molar-refractivity contribution >= 4 is 17.9 Å². The fraction of sp³-hybridized carbons (Fsp3) is 0.444. The molecular formula is C18H23N3O2. The summed E-state index contributed by atoms with van der Waals surface area (Å²) in [5.41, 5.74) is 2.10. The molecule has 0 aromatic heterocycles. The summed E-state index contributed by atoms with van der Waals surface area (Å²) < 4.78 is 0. The second-order valence-electron chi connectivity index (χ2n) is 6.20. The Labute approximate surface area is 136 Å². The number of rotatable bonds is 3. The minimum atomic E-state index is -0.231. The van der Waals surface area contributed by atoms with E-state index in [-0.39, 0.29) is 30.3 Å². The third kappa shape index (κ3) is 3.62. The van der Waals surface area contributed by atoms with Crippen LogP contribution in [-0.2, 0) is 9.59 Å². The van der Waals surface area contributed by atoms with Gasteiger partial charge in [-0.2, -0.15) is 0 Å². The Balaban J connectivity index is 1.74. The topological polar surface area (TPSA) is 61.4 Å². The Morgan fingerprint density at radius 3 is 2.91 bits per heavy atom. The molecule has 1 saturated heterocycles. The summed E-state index contributed by atoms with van der Waals surface area (Å²) in [4.78, 5) is 26.0. The van der Waals surface area contributed by atoms with E-state index in [4.69, 9.17) is 0 Å². The number of piperidine rings is 1. The van der Waals surface area contributed by atoms with E-state index in [1.165, 1.54) is 6.92 Å². The molecule has 5 heteroatoms. The molecule has 2 N–H and O–H groups in total. The normalized spacial score (nSPS) is 23.3. The first kappa shape index (κ1) is 15.7. The van der Waals surface area contributed by atoms with Crippen LogP contribution in [0.15, 0.2) is 30.5 Å². The van der Waals surface area contributed by atoms with Crippen LogP contribution in [0.2, 0.25) is 0 Å². The van der Waals surface area contributed by atoms with Crippen molar-refractivity contribution in [1.29, 1.82) is 0 Å². The molecule has 0 radical (unpaired) electrons. The SMILES string of the molecule is CC(=O)N1C=Cc2ccccc2C1CC(=O)NC1CCCNC1. The molecule has 1 aromatic rings. The third-order valence-corrected chi connectivity index (χ3v) is 4.51. The van der Waals surface area contributed by atoms with Gasteiger partial charge in [-0.15, -0.1) is 0 Å². The van der Waals surface area contributed by atoms with Crippen molar-refractivity contribution in [2.75, 3.05) is 13.1 Å². The number of nitrogens with zero attached hydrogens (tertiary/aromatic N) is 1. The minimum absolute atomic E-state index is 0.0000491. The Morgan fingerprint density at radius 2 is 2.17 bits per heavy atom. The Bertz CT molecular complexity index is 620. The van der Waals surface area contributed by atoms with Crippen molar-refractivity contribution in [2.45, 2.75) is 38.3 Å². The standard InChI is InChI=1S/C18H23N3O2/c1-13(22)21-10-8-14-5-2-3-7-16(14)17(21)11-18(23)20-15-6-4-9-19-12-15/h2-3,5,7-8,10,15,17,19H,4,6,9,11-12H2,1H3,(H,20,23). The zero-order chi connectivity index (χ0) is 16.2. The quantitative estimate of drug-likeness (QED) is 0.895. The predicted octanol–water partition coefficient (Wildman–Crippen LogP) is 1.82. The van der Waals surface area contributed by atoms with Crippen LogP contribution in [0, 0.1) is 0 Å². The largest absolute Gasteiger partial charge is 0.352 e. The van der Waals surface area contributed by atoms with E-state index in [0.29, 0.717) is 0 Å². The van der Waals surface area contributed by atoms with Gasteiger partial charge in [0.25, 0.3) is 0 Å². The van der Waals surface area contributed by atoms with Gasteiger partial charge in [-0.05, 0) is 36.6 Å². The number of carbonyl (C=O) groups is 2. The van der Waals surface area contributed by atoms with E-state index in [1.807, 2.05) is 30.3 Å². The zero-order valence-electron chi connectivity index (χ0n) is 13.4.